The predicted octanol–water partition coefficient (Wildman–Crippen LogP) is 0.746. The molecule has 3 atom stereocenters. The third-order valence-electron chi connectivity index (χ3n) is 5.97. The summed E-state index contributed by atoms with van der Waals surface area (Å²) in [4.78, 5) is 32.1. The van der Waals surface area contributed by atoms with Crippen LogP contribution in [0.5, 0.6) is 0 Å². The SMILES string of the molecule is CC(NC(=O)[C@H]1CN(Cc2ccccc2)CCN1)C(=O)NC1CCc2nc(N)ccc21. The minimum Gasteiger partial charge on any atom is -0.384 e. The first-order valence-electron chi connectivity index (χ1n) is 10.9. The largest absolute Gasteiger partial charge is 0.384 e. The molecule has 0 saturated carbocycles. The fourth-order valence-electron chi connectivity index (χ4n) is 4.28. The maximum absolute atomic E-state index is 12.8. The van der Waals surface area contributed by atoms with E-state index in [4.69, 9.17) is 5.73 Å². The van der Waals surface area contributed by atoms with Crippen LogP contribution in [0.25, 0.3) is 0 Å². The third kappa shape index (κ3) is 5.21. The molecular weight excluding hydrogens is 392 g/mol. The van der Waals surface area contributed by atoms with E-state index in [1.54, 1.807) is 13.0 Å². The fraction of sp³-hybridized carbons (Fsp3) is 0.435. The topological polar surface area (TPSA) is 112 Å². The lowest BCUT2D eigenvalue weighted by Gasteiger charge is -2.33. The molecule has 2 amide bonds. The van der Waals surface area contributed by atoms with Crippen molar-refractivity contribution in [2.24, 2.45) is 0 Å². The minimum atomic E-state index is -0.621. The Bertz CT molecular complexity index is 935. The minimum absolute atomic E-state index is 0.0934. The number of hydrogen-bond donors (Lipinski definition) is 4. The number of carbonyl (C=O) groups is 2. The summed E-state index contributed by atoms with van der Waals surface area (Å²) in [5.74, 6) is 0.147. The first-order chi connectivity index (χ1) is 15.0. The van der Waals surface area contributed by atoms with Crippen molar-refractivity contribution in [3.63, 3.8) is 0 Å². The van der Waals surface area contributed by atoms with E-state index in [2.05, 4.69) is 38.0 Å². The molecule has 4 rings (SSSR count). The van der Waals surface area contributed by atoms with Gasteiger partial charge in [0.15, 0.2) is 0 Å². The smallest absolute Gasteiger partial charge is 0.242 e. The lowest BCUT2D eigenvalue weighted by molar-refractivity contribution is -0.130. The highest BCUT2D eigenvalue weighted by molar-refractivity contribution is 5.89. The van der Waals surface area contributed by atoms with Crippen LogP contribution in [-0.4, -0.2) is 53.4 Å². The van der Waals surface area contributed by atoms with E-state index in [0.717, 1.165) is 43.7 Å². The van der Waals surface area contributed by atoms with Gasteiger partial charge < -0.3 is 21.7 Å². The van der Waals surface area contributed by atoms with E-state index >= 15 is 0 Å². The molecule has 1 aromatic carbocycles. The molecule has 8 heteroatoms. The predicted molar refractivity (Wildman–Crippen MR) is 119 cm³/mol. The average molecular weight is 423 g/mol. The van der Waals surface area contributed by atoms with Gasteiger partial charge in [-0.3, -0.25) is 14.5 Å². The van der Waals surface area contributed by atoms with Gasteiger partial charge in [-0.2, -0.15) is 0 Å². The number of nitrogens with zero attached hydrogens (tertiary/aromatic N) is 2. The third-order valence-corrected chi connectivity index (χ3v) is 5.97. The number of fused-ring (bicyclic) bond motifs is 1. The number of piperazine rings is 1. The Morgan fingerprint density at radius 1 is 1.26 bits per heavy atom. The first kappa shape index (κ1) is 21.3. The number of benzene rings is 1. The van der Waals surface area contributed by atoms with E-state index in [-0.39, 0.29) is 23.9 Å². The Hall–Kier alpha value is -2.97. The van der Waals surface area contributed by atoms with Crippen molar-refractivity contribution in [1.29, 1.82) is 0 Å². The molecule has 1 fully saturated rings. The molecule has 8 nitrogen and oxygen atoms in total. The first-order valence-corrected chi connectivity index (χ1v) is 10.9. The molecule has 2 unspecified atom stereocenters. The van der Waals surface area contributed by atoms with E-state index in [9.17, 15) is 9.59 Å². The molecule has 0 bridgehead atoms. The van der Waals surface area contributed by atoms with Crippen LogP contribution >= 0.6 is 0 Å². The highest BCUT2D eigenvalue weighted by atomic mass is 16.2. The Balaban J connectivity index is 1.28. The van der Waals surface area contributed by atoms with Gasteiger partial charge in [-0.15, -0.1) is 0 Å². The lowest BCUT2D eigenvalue weighted by Crippen LogP contribution is -2.59. The number of aryl methyl sites for hydroxylation is 1. The Labute approximate surface area is 182 Å². The number of pyridine rings is 1. The zero-order chi connectivity index (χ0) is 21.8. The summed E-state index contributed by atoms with van der Waals surface area (Å²) in [7, 11) is 0. The molecule has 1 aromatic heterocycles. The standard InChI is InChI=1S/C23H30N6O2/c1-15(22(30)28-19-9-8-18-17(19)7-10-21(24)27-18)26-23(31)20-14-29(12-11-25-20)13-16-5-3-2-4-6-16/h2-7,10,15,19-20,25H,8-9,11-14H2,1H3,(H2,24,27)(H,26,31)(H,28,30)/t15?,19?,20-/m1/s1. The van der Waals surface area contributed by atoms with Crippen molar-refractivity contribution >= 4 is 17.6 Å². The van der Waals surface area contributed by atoms with Crippen LogP contribution in [0, 0.1) is 0 Å². The number of amides is 2. The van der Waals surface area contributed by atoms with E-state index in [0.29, 0.717) is 12.4 Å². The normalized spacial score (nSPS) is 21.8. The number of aromatic nitrogens is 1. The number of nitrogens with two attached hydrogens (primary N) is 1. The van der Waals surface area contributed by atoms with Gasteiger partial charge in [0.1, 0.15) is 11.9 Å². The average Bonchev–Trinajstić information content (AvgIpc) is 3.16. The van der Waals surface area contributed by atoms with Gasteiger partial charge in [0.2, 0.25) is 11.8 Å². The zero-order valence-corrected chi connectivity index (χ0v) is 17.8. The number of nitrogen functional groups attached to an aromatic ring is 1. The summed E-state index contributed by atoms with van der Waals surface area (Å²) in [6.07, 6.45) is 1.58. The molecule has 1 aliphatic heterocycles. The molecule has 2 aromatic rings. The fourth-order valence-corrected chi connectivity index (χ4v) is 4.28. The van der Waals surface area contributed by atoms with Crippen LogP contribution < -0.4 is 21.7 Å². The molecular formula is C23H30N6O2. The zero-order valence-electron chi connectivity index (χ0n) is 17.8. The van der Waals surface area contributed by atoms with Crippen LogP contribution in [0.1, 0.15) is 36.2 Å². The van der Waals surface area contributed by atoms with Crippen molar-refractivity contribution in [3.05, 3.63) is 59.3 Å². The van der Waals surface area contributed by atoms with E-state index < -0.39 is 6.04 Å². The Morgan fingerprint density at radius 3 is 2.87 bits per heavy atom. The molecule has 5 N–H and O–H groups in total. The molecule has 164 valence electrons. The summed E-state index contributed by atoms with van der Waals surface area (Å²) in [6.45, 7) is 4.75. The van der Waals surface area contributed by atoms with Crippen molar-refractivity contribution in [3.8, 4) is 0 Å². The van der Waals surface area contributed by atoms with Crippen LogP contribution in [-0.2, 0) is 22.6 Å². The summed E-state index contributed by atoms with van der Waals surface area (Å²) in [6, 6.07) is 12.9. The van der Waals surface area contributed by atoms with Crippen LogP contribution in [0.15, 0.2) is 42.5 Å². The van der Waals surface area contributed by atoms with Crippen molar-refractivity contribution < 1.29 is 9.59 Å². The Kier molecular flexibility index (Phi) is 6.48. The molecule has 31 heavy (non-hydrogen) atoms. The van der Waals surface area contributed by atoms with Crippen LogP contribution in [0.2, 0.25) is 0 Å². The number of hydrogen-bond acceptors (Lipinski definition) is 6. The summed E-state index contributed by atoms with van der Waals surface area (Å²) in [5, 5.41) is 9.17. The maximum atomic E-state index is 12.8. The second-order valence-electron chi connectivity index (χ2n) is 8.33. The summed E-state index contributed by atoms with van der Waals surface area (Å²) in [5.41, 5.74) is 8.92. The number of nitrogens with one attached hydrogen (secondary N) is 3. The second kappa shape index (κ2) is 9.45. The maximum Gasteiger partial charge on any atom is 0.242 e. The quantitative estimate of drug-likeness (QED) is 0.546. The second-order valence-corrected chi connectivity index (χ2v) is 8.33. The highest BCUT2D eigenvalue weighted by Crippen LogP contribution is 2.30. The van der Waals surface area contributed by atoms with Crippen molar-refractivity contribution in [2.45, 2.75) is 44.4 Å². The van der Waals surface area contributed by atoms with Gasteiger partial charge in [-0.05, 0) is 37.0 Å². The molecule has 1 saturated heterocycles. The highest BCUT2D eigenvalue weighted by Gasteiger charge is 2.30. The van der Waals surface area contributed by atoms with Gasteiger partial charge in [-0.1, -0.05) is 36.4 Å². The molecule has 2 heterocycles. The van der Waals surface area contributed by atoms with E-state index in [1.807, 2.05) is 24.3 Å². The van der Waals surface area contributed by atoms with Crippen LogP contribution in [0.4, 0.5) is 5.82 Å². The van der Waals surface area contributed by atoms with Crippen LogP contribution in [0.3, 0.4) is 0 Å². The summed E-state index contributed by atoms with van der Waals surface area (Å²) < 4.78 is 0. The van der Waals surface area contributed by atoms with Crippen molar-refractivity contribution in [2.75, 3.05) is 25.4 Å². The molecule has 0 spiro atoms. The van der Waals surface area contributed by atoms with Gasteiger partial charge in [0.05, 0.1) is 12.1 Å². The summed E-state index contributed by atoms with van der Waals surface area (Å²) >= 11 is 0. The molecule has 0 radical (unpaired) electrons. The molecule has 2 aliphatic rings. The van der Waals surface area contributed by atoms with Crippen molar-refractivity contribution in [1.82, 2.24) is 25.8 Å². The number of carbonyl (C=O) groups excluding carboxylic acids is 2. The van der Waals surface area contributed by atoms with Gasteiger partial charge in [-0.25, -0.2) is 4.98 Å². The van der Waals surface area contributed by atoms with Gasteiger partial charge >= 0.3 is 0 Å². The lowest BCUT2D eigenvalue weighted by atomic mass is 10.1. The van der Waals surface area contributed by atoms with Gasteiger partial charge in [0.25, 0.3) is 0 Å². The molecule has 1 aliphatic carbocycles. The van der Waals surface area contributed by atoms with E-state index in [1.165, 1.54) is 5.56 Å². The monoisotopic (exact) mass is 422 g/mol. The van der Waals surface area contributed by atoms with Gasteiger partial charge in [0, 0.05) is 31.9 Å². The number of rotatable bonds is 6. The Morgan fingerprint density at radius 2 is 2.06 bits per heavy atom. The number of anilines is 1.